The Hall–Kier alpha value is -4.21. The number of carbonyl (C=O) groups excluding carboxylic acids is 3. The van der Waals surface area contributed by atoms with Crippen LogP contribution in [0.3, 0.4) is 0 Å². The van der Waals surface area contributed by atoms with Crippen LogP contribution in [-0.4, -0.2) is 102 Å². The van der Waals surface area contributed by atoms with Crippen molar-refractivity contribution in [3.05, 3.63) is 108 Å². The van der Waals surface area contributed by atoms with E-state index in [4.69, 9.17) is 37.9 Å². The van der Waals surface area contributed by atoms with Crippen LogP contribution in [0.15, 0.2) is 91.0 Å². The molecular formula is C37H40O13. The van der Waals surface area contributed by atoms with E-state index < -0.39 is 91.5 Å². The highest BCUT2D eigenvalue weighted by Crippen LogP contribution is 2.42. The Bertz CT molecular complexity index is 1600. The van der Waals surface area contributed by atoms with Gasteiger partial charge in [0, 0.05) is 5.92 Å². The lowest BCUT2D eigenvalue weighted by atomic mass is 9.90. The molecule has 3 aromatic carbocycles. The molecule has 0 aromatic heterocycles. The van der Waals surface area contributed by atoms with Gasteiger partial charge in [-0.05, 0) is 50.2 Å². The first kappa shape index (κ1) is 35.6. The van der Waals surface area contributed by atoms with E-state index in [2.05, 4.69) is 0 Å². The van der Waals surface area contributed by atoms with Gasteiger partial charge >= 0.3 is 17.9 Å². The second-order valence-electron chi connectivity index (χ2n) is 12.8. The van der Waals surface area contributed by atoms with Crippen molar-refractivity contribution in [2.24, 2.45) is 5.92 Å². The predicted octanol–water partition coefficient (Wildman–Crippen LogP) is 3.27. The molecule has 10 atom stereocenters. The Labute approximate surface area is 288 Å². The van der Waals surface area contributed by atoms with Gasteiger partial charge in [0.25, 0.3) is 0 Å². The van der Waals surface area contributed by atoms with E-state index >= 15 is 0 Å². The highest BCUT2D eigenvalue weighted by atomic mass is 16.9. The third-order valence-electron chi connectivity index (χ3n) is 8.76. The molecule has 3 aliphatic rings. The number of aliphatic hydroxyl groups is 2. The van der Waals surface area contributed by atoms with Crippen LogP contribution in [0.2, 0.25) is 0 Å². The lowest BCUT2D eigenvalue weighted by Crippen LogP contribution is -2.60. The summed E-state index contributed by atoms with van der Waals surface area (Å²) in [4.78, 5) is 39.9. The third-order valence-corrected chi connectivity index (χ3v) is 8.76. The Morgan fingerprint density at radius 3 is 1.80 bits per heavy atom. The zero-order valence-corrected chi connectivity index (χ0v) is 27.7. The fourth-order valence-electron chi connectivity index (χ4n) is 6.26. The summed E-state index contributed by atoms with van der Waals surface area (Å²) in [7, 11) is 0. The maximum absolute atomic E-state index is 13.5. The van der Waals surface area contributed by atoms with Crippen LogP contribution in [0, 0.1) is 5.92 Å². The Morgan fingerprint density at radius 2 is 1.26 bits per heavy atom. The predicted molar refractivity (Wildman–Crippen MR) is 173 cm³/mol. The second-order valence-corrected chi connectivity index (χ2v) is 12.8. The molecule has 0 aliphatic carbocycles. The summed E-state index contributed by atoms with van der Waals surface area (Å²) in [6.07, 6.45) is -10.2. The second kappa shape index (κ2) is 15.4. The number of aliphatic hydroxyl groups excluding tert-OH is 2. The van der Waals surface area contributed by atoms with Crippen LogP contribution in [0.4, 0.5) is 0 Å². The molecule has 3 heterocycles. The number of carbonyl (C=O) groups is 3. The van der Waals surface area contributed by atoms with Crippen molar-refractivity contribution in [3.63, 3.8) is 0 Å². The van der Waals surface area contributed by atoms with Crippen LogP contribution in [0.5, 0.6) is 0 Å². The first-order valence-electron chi connectivity index (χ1n) is 16.4. The van der Waals surface area contributed by atoms with Crippen molar-refractivity contribution in [1.82, 2.24) is 0 Å². The Kier molecular flexibility index (Phi) is 10.9. The molecule has 6 rings (SSSR count). The number of ether oxygens (including phenoxy) is 8. The highest BCUT2D eigenvalue weighted by molar-refractivity contribution is 5.90. The molecule has 0 amide bonds. The van der Waals surface area contributed by atoms with Gasteiger partial charge < -0.3 is 48.1 Å². The van der Waals surface area contributed by atoms with Gasteiger partial charge in [0.2, 0.25) is 0 Å². The van der Waals surface area contributed by atoms with Crippen LogP contribution in [0.25, 0.3) is 0 Å². The molecule has 50 heavy (non-hydrogen) atoms. The van der Waals surface area contributed by atoms with Crippen LogP contribution in [-0.2, 0) is 37.9 Å². The number of hydrogen-bond donors (Lipinski definition) is 2. The van der Waals surface area contributed by atoms with E-state index in [1.807, 2.05) is 0 Å². The number of esters is 3. The van der Waals surface area contributed by atoms with Gasteiger partial charge in [-0.15, -0.1) is 0 Å². The minimum atomic E-state index is -1.39. The van der Waals surface area contributed by atoms with E-state index in [9.17, 15) is 24.6 Å². The number of hydrogen-bond acceptors (Lipinski definition) is 13. The maximum atomic E-state index is 13.5. The van der Waals surface area contributed by atoms with Crippen molar-refractivity contribution in [1.29, 1.82) is 0 Å². The minimum absolute atomic E-state index is 0.252. The van der Waals surface area contributed by atoms with E-state index in [0.717, 1.165) is 0 Å². The average molecular weight is 693 g/mol. The molecule has 3 saturated heterocycles. The van der Waals surface area contributed by atoms with Gasteiger partial charge in [-0.25, -0.2) is 14.4 Å². The zero-order valence-electron chi connectivity index (χ0n) is 27.7. The lowest BCUT2D eigenvalue weighted by Gasteiger charge is -2.45. The number of fused-ring (bicyclic) bond motifs is 1. The third kappa shape index (κ3) is 7.89. The molecule has 13 nitrogen and oxygen atoms in total. The van der Waals surface area contributed by atoms with Gasteiger partial charge in [-0.3, -0.25) is 0 Å². The van der Waals surface area contributed by atoms with E-state index in [1.54, 1.807) is 112 Å². The summed E-state index contributed by atoms with van der Waals surface area (Å²) < 4.78 is 48.5. The molecule has 3 aliphatic heterocycles. The van der Waals surface area contributed by atoms with Gasteiger partial charge in [0.1, 0.15) is 43.2 Å². The quantitative estimate of drug-likeness (QED) is 0.222. The van der Waals surface area contributed by atoms with Crippen LogP contribution < -0.4 is 0 Å². The van der Waals surface area contributed by atoms with Crippen LogP contribution in [0.1, 0.15) is 51.8 Å². The van der Waals surface area contributed by atoms with E-state index in [-0.39, 0.29) is 17.7 Å². The molecule has 0 bridgehead atoms. The summed E-state index contributed by atoms with van der Waals surface area (Å²) in [5.41, 5.74) is 0.821. The van der Waals surface area contributed by atoms with Crippen LogP contribution >= 0.6 is 0 Å². The molecule has 3 fully saturated rings. The van der Waals surface area contributed by atoms with Gasteiger partial charge in [-0.1, -0.05) is 61.5 Å². The Balaban J connectivity index is 1.33. The summed E-state index contributed by atoms with van der Waals surface area (Å²) >= 11 is 0. The number of rotatable bonds is 11. The molecule has 0 radical (unpaired) electrons. The molecule has 266 valence electrons. The largest absolute Gasteiger partial charge is 0.459 e. The smallest absolute Gasteiger partial charge is 0.338 e. The Morgan fingerprint density at radius 1 is 0.740 bits per heavy atom. The standard InChI is InChI=1S/C37H40O13/c1-21-27(45-33(41)23-15-9-5-10-16-23)26(20-43-32(40)22-13-7-4-8-14-22)44-35(28(21)46-34(42)24-17-11-6-12-18-24)48-30-29(25(39)19-38)47-36-31(30)49-37(2,3)50-36/h4-18,21,25-31,35-36,38-39H,19-20H2,1-3H3/t21-,25?,26?,27-,28?,29+,30+,31?,35-,36+/m0/s1. The summed E-state index contributed by atoms with van der Waals surface area (Å²) in [5.74, 6) is -3.87. The number of benzene rings is 3. The topological polar surface area (TPSA) is 166 Å². The molecule has 2 N–H and O–H groups in total. The van der Waals surface area contributed by atoms with Gasteiger partial charge in [-0.2, -0.15) is 0 Å². The van der Waals surface area contributed by atoms with Crippen molar-refractivity contribution in [2.75, 3.05) is 13.2 Å². The fourth-order valence-corrected chi connectivity index (χ4v) is 6.26. The summed E-state index contributed by atoms with van der Waals surface area (Å²) in [6.45, 7) is 4.05. The molecule has 0 saturated carbocycles. The SMILES string of the molecule is C[C@@H]1C(OC(=O)c2ccccc2)[C@H](O[C@H]2C3OC(C)(C)O[C@H]3O[C@@H]2C(O)CO)OC(COC(=O)c2ccccc2)[C@H]1OC(=O)c1ccccc1. The molecule has 0 spiro atoms. The van der Waals surface area contributed by atoms with Crippen molar-refractivity contribution in [2.45, 2.75) is 81.9 Å². The average Bonchev–Trinajstić information content (AvgIpc) is 3.62. The molecule has 4 unspecified atom stereocenters. The summed E-state index contributed by atoms with van der Waals surface area (Å²) in [5, 5.41) is 20.5. The first-order valence-corrected chi connectivity index (χ1v) is 16.4. The zero-order chi connectivity index (χ0) is 35.4. The van der Waals surface area contributed by atoms with E-state index in [1.165, 1.54) is 0 Å². The lowest BCUT2D eigenvalue weighted by molar-refractivity contribution is -0.314. The van der Waals surface area contributed by atoms with Gasteiger partial charge in [0.05, 0.1) is 23.3 Å². The van der Waals surface area contributed by atoms with Crippen molar-refractivity contribution in [3.8, 4) is 0 Å². The molecule has 3 aromatic rings. The maximum Gasteiger partial charge on any atom is 0.338 e. The monoisotopic (exact) mass is 692 g/mol. The van der Waals surface area contributed by atoms with Gasteiger partial charge in [0.15, 0.2) is 24.5 Å². The highest BCUT2D eigenvalue weighted by Gasteiger charge is 2.59. The first-order chi connectivity index (χ1) is 24.0. The fraction of sp³-hybridized carbons (Fsp3) is 0.432. The van der Waals surface area contributed by atoms with Crippen molar-refractivity contribution >= 4 is 17.9 Å². The minimum Gasteiger partial charge on any atom is -0.459 e. The normalized spacial score (nSPS) is 30.5. The molecular weight excluding hydrogens is 652 g/mol. The van der Waals surface area contributed by atoms with Crippen molar-refractivity contribution < 1.29 is 62.5 Å². The summed E-state index contributed by atoms with van der Waals surface area (Å²) in [6, 6.07) is 25.0. The molecule has 13 heteroatoms. The van der Waals surface area contributed by atoms with E-state index in [0.29, 0.717) is 5.56 Å².